The minimum atomic E-state index is -4.48. The summed E-state index contributed by atoms with van der Waals surface area (Å²) in [5.41, 5.74) is 1.95. The minimum Gasteiger partial charge on any atom is -0.489 e. The summed E-state index contributed by atoms with van der Waals surface area (Å²) in [6.45, 7) is 6.24. The van der Waals surface area contributed by atoms with E-state index in [0.29, 0.717) is 45.7 Å². The largest absolute Gasteiger partial charge is 0.489 e. The number of hydrogen-bond donors (Lipinski definition) is 1. The molecule has 0 saturated carbocycles. The van der Waals surface area contributed by atoms with Gasteiger partial charge in [0.05, 0.1) is 34.5 Å². The van der Waals surface area contributed by atoms with Crippen LogP contribution in [0.15, 0.2) is 61.1 Å². The Kier molecular flexibility index (Phi) is 6.50. The van der Waals surface area contributed by atoms with Gasteiger partial charge in [-0.1, -0.05) is 12.1 Å². The van der Waals surface area contributed by atoms with Crippen molar-refractivity contribution in [1.82, 2.24) is 19.9 Å². The number of nitrogens with one attached hydrogen (secondary N) is 1. The third-order valence-electron chi connectivity index (χ3n) is 6.29. The van der Waals surface area contributed by atoms with Gasteiger partial charge in [-0.25, -0.2) is 4.79 Å². The Morgan fingerprint density at radius 1 is 1.13 bits per heavy atom. The number of fused-ring (bicyclic) bond motifs is 1. The summed E-state index contributed by atoms with van der Waals surface area (Å²) in [5, 5.41) is 0. The van der Waals surface area contributed by atoms with Crippen LogP contribution < -0.4 is 4.74 Å². The molecule has 198 valence electrons. The van der Waals surface area contributed by atoms with E-state index in [0.717, 1.165) is 18.6 Å². The van der Waals surface area contributed by atoms with Crippen LogP contribution in [0.1, 0.15) is 32.8 Å². The van der Waals surface area contributed by atoms with Crippen molar-refractivity contribution < 1.29 is 27.4 Å². The van der Waals surface area contributed by atoms with E-state index in [2.05, 4.69) is 15.0 Å². The monoisotopic (exact) mass is 524 g/mol. The lowest BCUT2D eigenvalue weighted by Gasteiger charge is -2.41. The van der Waals surface area contributed by atoms with Crippen LogP contribution in [-0.4, -0.2) is 50.7 Å². The Hall–Kier alpha value is -4.08. The first-order valence-corrected chi connectivity index (χ1v) is 12.2. The number of aromatic nitrogens is 3. The van der Waals surface area contributed by atoms with E-state index >= 15 is 0 Å². The Bertz CT molecular complexity index is 1480. The molecule has 0 aliphatic carbocycles. The summed E-state index contributed by atoms with van der Waals surface area (Å²) in [6, 6.07) is 10.3. The molecule has 3 aromatic heterocycles. The third kappa shape index (κ3) is 5.16. The zero-order valence-electron chi connectivity index (χ0n) is 21.2. The predicted octanol–water partition coefficient (Wildman–Crippen LogP) is 6.70. The Morgan fingerprint density at radius 2 is 1.95 bits per heavy atom. The van der Waals surface area contributed by atoms with Crippen molar-refractivity contribution in [1.29, 1.82) is 0 Å². The summed E-state index contributed by atoms with van der Waals surface area (Å²) in [7, 11) is 0. The average Bonchev–Trinajstić information content (AvgIpc) is 3.21. The lowest BCUT2D eigenvalue weighted by molar-refractivity contribution is -0.137. The maximum Gasteiger partial charge on any atom is 0.416 e. The molecule has 1 fully saturated rings. The highest BCUT2D eigenvalue weighted by atomic mass is 19.4. The highest BCUT2D eigenvalue weighted by Crippen LogP contribution is 2.42. The first kappa shape index (κ1) is 25.6. The Morgan fingerprint density at radius 3 is 2.66 bits per heavy atom. The second-order valence-electron chi connectivity index (χ2n) is 10.2. The summed E-state index contributed by atoms with van der Waals surface area (Å²) in [5.74, 6) is 0.434. The predicted molar refractivity (Wildman–Crippen MR) is 137 cm³/mol. The second kappa shape index (κ2) is 9.66. The minimum absolute atomic E-state index is 0.162. The molecule has 38 heavy (non-hydrogen) atoms. The van der Waals surface area contributed by atoms with Gasteiger partial charge in [-0.05, 0) is 63.1 Å². The van der Waals surface area contributed by atoms with Crippen molar-refractivity contribution in [3.05, 3.63) is 66.6 Å². The molecule has 1 atom stereocenters. The van der Waals surface area contributed by atoms with E-state index in [-0.39, 0.29) is 12.6 Å². The molecule has 1 unspecified atom stereocenters. The van der Waals surface area contributed by atoms with E-state index in [4.69, 9.17) is 9.47 Å². The lowest BCUT2D eigenvalue weighted by Crippen LogP contribution is -2.55. The molecular weight excluding hydrogens is 497 g/mol. The number of alkyl halides is 3. The number of carbonyl (C=O) groups is 1. The molecule has 0 bridgehead atoms. The van der Waals surface area contributed by atoms with Crippen molar-refractivity contribution in [3.8, 4) is 28.1 Å². The van der Waals surface area contributed by atoms with Gasteiger partial charge in [0.25, 0.3) is 0 Å². The van der Waals surface area contributed by atoms with Crippen molar-refractivity contribution in [2.24, 2.45) is 0 Å². The molecular formula is C28H27F3N4O3. The molecule has 7 nitrogen and oxygen atoms in total. The molecule has 5 rings (SSSR count). The fourth-order valence-corrected chi connectivity index (χ4v) is 4.42. The number of benzene rings is 1. The summed E-state index contributed by atoms with van der Waals surface area (Å²) < 4.78 is 52.2. The number of ether oxygens (including phenoxy) is 2. The van der Waals surface area contributed by atoms with Crippen LogP contribution >= 0.6 is 0 Å². The molecule has 1 N–H and O–H groups in total. The molecule has 4 heterocycles. The number of aromatic amines is 1. The molecule has 1 aromatic carbocycles. The molecule has 1 aliphatic heterocycles. The highest BCUT2D eigenvalue weighted by Gasteiger charge is 2.36. The number of rotatable bonds is 5. The third-order valence-corrected chi connectivity index (χ3v) is 6.29. The van der Waals surface area contributed by atoms with Crippen molar-refractivity contribution >= 4 is 17.1 Å². The van der Waals surface area contributed by atoms with E-state index in [1.165, 1.54) is 6.07 Å². The van der Waals surface area contributed by atoms with E-state index < -0.39 is 23.4 Å². The highest BCUT2D eigenvalue weighted by molar-refractivity contribution is 6.02. The van der Waals surface area contributed by atoms with Gasteiger partial charge in [-0.15, -0.1) is 0 Å². The van der Waals surface area contributed by atoms with Crippen molar-refractivity contribution in [2.45, 2.75) is 45.0 Å². The van der Waals surface area contributed by atoms with Crippen molar-refractivity contribution in [3.63, 3.8) is 0 Å². The normalized spacial score (nSPS) is 15.8. The first-order chi connectivity index (χ1) is 18.0. The zero-order chi connectivity index (χ0) is 27.1. The van der Waals surface area contributed by atoms with Crippen LogP contribution in [0.5, 0.6) is 5.75 Å². The summed E-state index contributed by atoms with van der Waals surface area (Å²) in [4.78, 5) is 26.1. The molecule has 1 amide bonds. The number of carbonyl (C=O) groups excluding carboxylic acids is 1. The molecule has 4 aromatic rings. The van der Waals surface area contributed by atoms with E-state index in [1.54, 1.807) is 41.7 Å². The van der Waals surface area contributed by atoms with Gasteiger partial charge >= 0.3 is 12.3 Å². The van der Waals surface area contributed by atoms with Crippen LogP contribution in [0.4, 0.5) is 18.0 Å². The first-order valence-electron chi connectivity index (χ1n) is 12.2. The van der Waals surface area contributed by atoms with Gasteiger partial charge in [0.2, 0.25) is 0 Å². The molecule has 1 saturated heterocycles. The Balaban J connectivity index is 1.49. The van der Waals surface area contributed by atoms with E-state index in [9.17, 15) is 18.0 Å². The maximum absolute atomic E-state index is 13.5. The molecule has 1 aliphatic rings. The summed E-state index contributed by atoms with van der Waals surface area (Å²) >= 11 is 0. The van der Waals surface area contributed by atoms with Crippen molar-refractivity contribution in [2.75, 3.05) is 13.2 Å². The molecule has 0 spiro atoms. The van der Waals surface area contributed by atoms with Gasteiger partial charge in [-0.3, -0.25) is 9.97 Å². The van der Waals surface area contributed by atoms with Crippen LogP contribution in [-0.2, 0) is 10.9 Å². The number of likely N-dealkylation sites (tertiary alicyclic amines) is 1. The van der Waals surface area contributed by atoms with Crippen LogP contribution in [0.2, 0.25) is 0 Å². The maximum atomic E-state index is 13.5. The van der Waals surface area contributed by atoms with E-state index in [1.807, 2.05) is 26.8 Å². The summed E-state index contributed by atoms with van der Waals surface area (Å²) in [6.07, 6.45) is 0.637. The average molecular weight is 525 g/mol. The number of pyridine rings is 2. The number of halogens is 3. The topological polar surface area (TPSA) is 80.3 Å². The number of amides is 1. The van der Waals surface area contributed by atoms with Crippen LogP contribution in [0.25, 0.3) is 33.4 Å². The number of hydrogen-bond acceptors (Lipinski definition) is 5. The number of nitrogens with zero attached hydrogens (tertiary/aromatic N) is 3. The Labute approximate surface area is 217 Å². The zero-order valence-corrected chi connectivity index (χ0v) is 21.2. The van der Waals surface area contributed by atoms with Gasteiger partial charge in [0, 0.05) is 30.1 Å². The fourth-order valence-electron chi connectivity index (χ4n) is 4.42. The quantitative estimate of drug-likeness (QED) is 0.314. The lowest BCUT2D eigenvalue weighted by atomic mass is 9.98. The van der Waals surface area contributed by atoms with Crippen LogP contribution in [0, 0.1) is 0 Å². The molecule has 10 heteroatoms. The van der Waals surface area contributed by atoms with Gasteiger partial charge in [-0.2, -0.15) is 13.2 Å². The SMILES string of the molecule is CC(C)(C)OC(=O)N1CCC1COc1cnccc1-c1[nH]c2cccnc2c1-c1cccc(C(F)(F)F)c1. The fraction of sp³-hybridized carbons (Fsp3) is 0.321. The number of H-pyrrole nitrogens is 1. The van der Waals surface area contributed by atoms with Crippen LogP contribution in [0.3, 0.4) is 0 Å². The van der Waals surface area contributed by atoms with Gasteiger partial charge < -0.3 is 19.4 Å². The standard InChI is InChI=1S/C28H27F3N4O3/c1-27(2,3)38-26(36)35-13-10-19(35)16-37-22-15-32-12-9-20(22)24-23(25-21(34-24)8-5-11-33-25)17-6-4-7-18(14-17)28(29,30)31/h4-9,11-12,14-15,19,34H,10,13,16H2,1-3H3. The molecule has 0 radical (unpaired) electrons. The smallest absolute Gasteiger partial charge is 0.416 e. The second-order valence-corrected chi connectivity index (χ2v) is 10.2. The van der Waals surface area contributed by atoms with Gasteiger partial charge in [0.15, 0.2) is 0 Å². The van der Waals surface area contributed by atoms with Gasteiger partial charge in [0.1, 0.15) is 18.0 Å².